The Morgan fingerprint density at radius 1 is 1.10 bits per heavy atom. The van der Waals surface area contributed by atoms with Gasteiger partial charge in [0.15, 0.2) is 0 Å². The van der Waals surface area contributed by atoms with E-state index in [-0.39, 0.29) is 0 Å². The Bertz CT molecular complexity index is 562. The third-order valence-corrected chi connectivity index (χ3v) is 3.27. The molecule has 0 N–H and O–H groups in total. The van der Waals surface area contributed by atoms with Crippen molar-refractivity contribution in [3.63, 3.8) is 0 Å². The summed E-state index contributed by atoms with van der Waals surface area (Å²) in [5.41, 5.74) is 0.811. The largest absolute Gasteiger partial charge is 0.475 e. The lowest BCUT2D eigenvalue weighted by molar-refractivity contribution is 0.0799. The van der Waals surface area contributed by atoms with E-state index < -0.39 is 0 Å². The van der Waals surface area contributed by atoms with Crippen molar-refractivity contribution in [3.05, 3.63) is 36.0 Å². The molecule has 4 nitrogen and oxygen atoms in total. The molecule has 0 aliphatic rings. The summed E-state index contributed by atoms with van der Waals surface area (Å²) in [5, 5.41) is 2.07. The molecule has 0 bridgehead atoms. The van der Waals surface area contributed by atoms with Gasteiger partial charge in [-0.25, -0.2) is 4.98 Å². The lowest BCUT2D eigenvalue weighted by atomic mass is 10.1. The van der Waals surface area contributed by atoms with Gasteiger partial charge in [0.2, 0.25) is 5.88 Å². The van der Waals surface area contributed by atoms with Crippen molar-refractivity contribution in [3.8, 4) is 5.88 Å². The van der Waals surface area contributed by atoms with Gasteiger partial charge in [0.25, 0.3) is 0 Å². The molecule has 1 aromatic carbocycles. The minimum absolute atomic E-state index is 0.370. The summed E-state index contributed by atoms with van der Waals surface area (Å²) in [5.74, 6) is 0.985. The van der Waals surface area contributed by atoms with Gasteiger partial charge in [-0.2, -0.15) is 0 Å². The van der Waals surface area contributed by atoms with Crippen LogP contribution in [0.5, 0.6) is 5.88 Å². The number of hydrogen-bond acceptors (Lipinski definition) is 4. The second-order valence-electron chi connectivity index (χ2n) is 4.58. The second-order valence-corrected chi connectivity index (χ2v) is 4.85. The van der Waals surface area contributed by atoms with Crippen LogP contribution in [0.3, 0.4) is 0 Å². The van der Waals surface area contributed by atoms with Crippen molar-refractivity contribution in [2.45, 2.75) is 12.3 Å². The molecule has 0 fully saturated rings. The van der Waals surface area contributed by atoms with E-state index in [9.17, 15) is 0 Å². The fourth-order valence-electron chi connectivity index (χ4n) is 2.00. The van der Waals surface area contributed by atoms with Gasteiger partial charge in [-0.1, -0.05) is 18.2 Å². The van der Waals surface area contributed by atoms with Gasteiger partial charge in [0.1, 0.15) is 6.61 Å². The predicted octanol–water partition coefficient (Wildman–Crippen LogP) is 3.41. The summed E-state index contributed by atoms with van der Waals surface area (Å²) in [6.07, 6.45) is 0.888. The zero-order chi connectivity index (χ0) is 14.9. The smallest absolute Gasteiger partial charge is 0.221 e. The number of fused-ring (bicyclic) bond motifs is 1. The first-order valence-corrected chi connectivity index (χ1v) is 7.52. The molecular weight excluding hydrogens is 290 g/mol. The SMILES string of the molecule is COCCCOCCOc1nc(CCl)cc2ccccc12. The highest BCUT2D eigenvalue weighted by atomic mass is 35.5. The number of ether oxygens (including phenoxy) is 3. The Morgan fingerprint density at radius 3 is 2.76 bits per heavy atom. The van der Waals surface area contributed by atoms with Crippen LogP contribution in [0.1, 0.15) is 12.1 Å². The van der Waals surface area contributed by atoms with Crippen LogP contribution in [0.15, 0.2) is 30.3 Å². The maximum absolute atomic E-state index is 5.88. The summed E-state index contributed by atoms with van der Waals surface area (Å²) in [6.45, 7) is 2.39. The highest BCUT2D eigenvalue weighted by molar-refractivity contribution is 6.17. The molecule has 0 aliphatic heterocycles. The average Bonchev–Trinajstić information content (AvgIpc) is 2.53. The number of alkyl halides is 1. The van der Waals surface area contributed by atoms with Crippen LogP contribution in [0.4, 0.5) is 0 Å². The summed E-state index contributed by atoms with van der Waals surface area (Å²) >= 11 is 5.88. The molecule has 5 heteroatoms. The Balaban J connectivity index is 1.91. The minimum Gasteiger partial charge on any atom is -0.475 e. The van der Waals surface area contributed by atoms with Crippen LogP contribution in [0, 0.1) is 0 Å². The number of pyridine rings is 1. The highest BCUT2D eigenvalue weighted by Gasteiger charge is 2.06. The number of rotatable bonds is 9. The highest BCUT2D eigenvalue weighted by Crippen LogP contribution is 2.25. The molecule has 2 rings (SSSR count). The molecule has 0 radical (unpaired) electrons. The molecule has 0 saturated carbocycles. The van der Waals surface area contributed by atoms with Gasteiger partial charge in [0, 0.05) is 25.7 Å². The quantitative estimate of drug-likeness (QED) is 0.526. The number of hydrogen-bond donors (Lipinski definition) is 0. The molecular formula is C16H20ClNO3. The molecule has 21 heavy (non-hydrogen) atoms. The molecule has 0 unspecified atom stereocenters. The molecule has 0 spiro atoms. The fourth-order valence-corrected chi connectivity index (χ4v) is 2.14. The van der Waals surface area contributed by atoms with Crippen LogP contribution in [0.25, 0.3) is 10.8 Å². The number of methoxy groups -OCH3 is 1. The van der Waals surface area contributed by atoms with Gasteiger partial charge in [-0.3, -0.25) is 0 Å². The second kappa shape index (κ2) is 8.82. The first kappa shape index (κ1) is 16.0. The maximum Gasteiger partial charge on any atom is 0.221 e. The minimum atomic E-state index is 0.370. The summed E-state index contributed by atoms with van der Waals surface area (Å²) in [6, 6.07) is 9.97. The molecule has 1 heterocycles. The van der Waals surface area contributed by atoms with Crippen molar-refractivity contribution in [2.24, 2.45) is 0 Å². The molecule has 114 valence electrons. The number of halogens is 1. The molecule has 0 aliphatic carbocycles. The van der Waals surface area contributed by atoms with Crippen molar-refractivity contribution >= 4 is 22.4 Å². The predicted molar refractivity (Wildman–Crippen MR) is 84.1 cm³/mol. The lowest BCUT2D eigenvalue weighted by Gasteiger charge is -2.10. The number of aromatic nitrogens is 1. The first-order chi connectivity index (χ1) is 10.3. The van der Waals surface area contributed by atoms with Gasteiger partial charge >= 0.3 is 0 Å². The third kappa shape index (κ3) is 4.84. The molecule has 0 atom stereocenters. The summed E-state index contributed by atoms with van der Waals surface area (Å²) in [7, 11) is 1.68. The van der Waals surface area contributed by atoms with Crippen LogP contribution in [-0.2, 0) is 15.4 Å². The van der Waals surface area contributed by atoms with Gasteiger partial charge in [0.05, 0.1) is 18.2 Å². The number of nitrogens with zero attached hydrogens (tertiary/aromatic N) is 1. The zero-order valence-corrected chi connectivity index (χ0v) is 12.9. The Kier molecular flexibility index (Phi) is 6.73. The topological polar surface area (TPSA) is 40.6 Å². The van der Waals surface area contributed by atoms with Crippen LogP contribution >= 0.6 is 11.6 Å². The normalized spacial score (nSPS) is 11.0. The van der Waals surface area contributed by atoms with E-state index in [0.717, 1.165) is 22.9 Å². The van der Waals surface area contributed by atoms with Crippen molar-refractivity contribution < 1.29 is 14.2 Å². The Morgan fingerprint density at radius 2 is 1.95 bits per heavy atom. The van der Waals surface area contributed by atoms with E-state index in [0.29, 0.717) is 38.2 Å². The fraction of sp³-hybridized carbons (Fsp3) is 0.438. The number of benzene rings is 1. The van der Waals surface area contributed by atoms with E-state index in [1.54, 1.807) is 7.11 Å². The van der Waals surface area contributed by atoms with Crippen molar-refractivity contribution in [1.82, 2.24) is 4.98 Å². The van der Waals surface area contributed by atoms with Crippen LogP contribution in [-0.4, -0.2) is 38.5 Å². The molecule has 0 saturated heterocycles. The van der Waals surface area contributed by atoms with Crippen LogP contribution in [0.2, 0.25) is 0 Å². The van der Waals surface area contributed by atoms with Gasteiger partial charge in [-0.15, -0.1) is 11.6 Å². The Labute approximate surface area is 130 Å². The monoisotopic (exact) mass is 309 g/mol. The van der Waals surface area contributed by atoms with Gasteiger partial charge < -0.3 is 14.2 Å². The molecule has 2 aromatic rings. The average molecular weight is 310 g/mol. The van der Waals surface area contributed by atoms with Crippen LogP contribution < -0.4 is 4.74 Å². The first-order valence-electron chi connectivity index (χ1n) is 6.99. The zero-order valence-electron chi connectivity index (χ0n) is 12.2. The standard InChI is InChI=1S/C16H20ClNO3/c1-19-7-4-8-20-9-10-21-16-15-6-3-2-5-13(15)11-14(12-17)18-16/h2-3,5-6,11H,4,7-10,12H2,1H3. The third-order valence-electron chi connectivity index (χ3n) is 3.00. The van der Waals surface area contributed by atoms with Gasteiger partial charge in [-0.05, 0) is 23.9 Å². The Hall–Kier alpha value is -1.36. The van der Waals surface area contributed by atoms with E-state index in [2.05, 4.69) is 4.98 Å². The van der Waals surface area contributed by atoms with E-state index >= 15 is 0 Å². The molecule has 0 amide bonds. The summed E-state index contributed by atoms with van der Waals surface area (Å²) in [4.78, 5) is 4.44. The maximum atomic E-state index is 5.88. The summed E-state index contributed by atoms with van der Waals surface area (Å²) < 4.78 is 16.2. The van der Waals surface area contributed by atoms with E-state index in [1.165, 1.54) is 0 Å². The van der Waals surface area contributed by atoms with Crippen molar-refractivity contribution in [1.29, 1.82) is 0 Å². The van der Waals surface area contributed by atoms with Crippen molar-refractivity contribution in [2.75, 3.05) is 33.5 Å². The lowest BCUT2D eigenvalue weighted by Crippen LogP contribution is -2.09. The molecule has 1 aromatic heterocycles. The van der Waals surface area contributed by atoms with E-state index in [1.807, 2.05) is 30.3 Å². The van der Waals surface area contributed by atoms with E-state index in [4.69, 9.17) is 25.8 Å².